The summed E-state index contributed by atoms with van der Waals surface area (Å²) in [5.41, 5.74) is 0.301. The molecular formula is C21H15BrO5. The van der Waals surface area contributed by atoms with Crippen LogP contribution in [0.5, 0.6) is 5.75 Å². The van der Waals surface area contributed by atoms with E-state index in [0.29, 0.717) is 23.3 Å². The van der Waals surface area contributed by atoms with Gasteiger partial charge in [-0.2, -0.15) is 0 Å². The van der Waals surface area contributed by atoms with Crippen LogP contribution in [0.3, 0.4) is 0 Å². The van der Waals surface area contributed by atoms with Gasteiger partial charge in [0.1, 0.15) is 17.9 Å². The van der Waals surface area contributed by atoms with Gasteiger partial charge in [0, 0.05) is 34.0 Å². The van der Waals surface area contributed by atoms with Crippen LogP contribution in [0.2, 0.25) is 0 Å². The van der Waals surface area contributed by atoms with E-state index in [2.05, 4.69) is 22.5 Å². The number of hydrogen-bond acceptors (Lipinski definition) is 5. The van der Waals surface area contributed by atoms with Crippen molar-refractivity contribution in [3.63, 3.8) is 0 Å². The van der Waals surface area contributed by atoms with Gasteiger partial charge in [0.2, 0.25) is 0 Å². The first-order valence-electron chi connectivity index (χ1n) is 8.29. The number of hydrogen-bond donors (Lipinski definition) is 0. The minimum Gasteiger partial charge on any atom is -0.489 e. The summed E-state index contributed by atoms with van der Waals surface area (Å²) in [5.74, 6) is 0.0907. The molecule has 0 bridgehead atoms. The Kier molecular flexibility index (Phi) is 4.36. The largest absolute Gasteiger partial charge is 0.489 e. The SMILES string of the molecule is C=C1CC(COc2ccc3ccc(=O)oc3c2)(c2ccc(Br)cc2)OC1=O. The van der Waals surface area contributed by atoms with E-state index in [1.807, 2.05) is 24.3 Å². The van der Waals surface area contributed by atoms with Crippen LogP contribution in [0.4, 0.5) is 0 Å². The maximum absolute atomic E-state index is 12.0. The molecule has 1 fully saturated rings. The van der Waals surface area contributed by atoms with Gasteiger partial charge in [-0.1, -0.05) is 34.6 Å². The highest BCUT2D eigenvalue weighted by Gasteiger charge is 2.45. The number of ether oxygens (including phenoxy) is 2. The first-order valence-corrected chi connectivity index (χ1v) is 9.08. The molecule has 0 aliphatic carbocycles. The molecule has 1 aliphatic heterocycles. The van der Waals surface area contributed by atoms with Crippen LogP contribution in [0.25, 0.3) is 11.0 Å². The maximum Gasteiger partial charge on any atom is 0.336 e. The second-order valence-corrected chi connectivity index (χ2v) is 7.33. The summed E-state index contributed by atoms with van der Waals surface area (Å²) in [4.78, 5) is 23.4. The number of cyclic esters (lactones) is 1. The van der Waals surface area contributed by atoms with E-state index in [1.54, 1.807) is 24.3 Å². The Bertz CT molecular complexity index is 1080. The number of rotatable bonds is 4. The Morgan fingerprint density at radius 1 is 1.07 bits per heavy atom. The third-order valence-electron chi connectivity index (χ3n) is 4.51. The molecule has 1 aliphatic rings. The van der Waals surface area contributed by atoms with Crippen molar-refractivity contribution >= 4 is 32.9 Å². The summed E-state index contributed by atoms with van der Waals surface area (Å²) in [5, 5.41) is 0.797. The van der Waals surface area contributed by atoms with Gasteiger partial charge in [0.15, 0.2) is 5.60 Å². The Morgan fingerprint density at radius 2 is 1.81 bits per heavy atom. The smallest absolute Gasteiger partial charge is 0.336 e. The van der Waals surface area contributed by atoms with Gasteiger partial charge >= 0.3 is 11.6 Å². The van der Waals surface area contributed by atoms with E-state index in [0.717, 1.165) is 15.4 Å². The van der Waals surface area contributed by atoms with Crippen molar-refractivity contribution in [3.05, 3.63) is 87.2 Å². The quantitative estimate of drug-likeness (QED) is 0.352. The number of benzene rings is 2. The molecule has 1 saturated heterocycles. The lowest BCUT2D eigenvalue weighted by atomic mass is 9.90. The van der Waals surface area contributed by atoms with Gasteiger partial charge in [0.05, 0.1) is 0 Å². The normalized spacial score (nSPS) is 19.3. The van der Waals surface area contributed by atoms with Crippen LogP contribution in [0, 0.1) is 0 Å². The first kappa shape index (κ1) is 17.5. The Balaban J connectivity index is 1.65. The highest BCUT2D eigenvalue weighted by molar-refractivity contribution is 9.10. The second-order valence-electron chi connectivity index (χ2n) is 6.41. The molecule has 0 amide bonds. The van der Waals surface area contributed by atoms with E-state index >= 15 is 0 Å². The summed E-state index contributed by atoms with van der Waals surface area (Å²) in [6.07, 6.45) is 0.343. The van der Waals surface area contributed by atoms with Gasteiger partial charge in [0.25, 0.3) is 0 Å². The van der Waals surface area contributed by atoms with Gasteiger partial charge in [-0.05, 0) is 35.9 Å². The lowest BCUT2D eigenvalue weighted by Crippen LogP contribution is -2.33. The molecule has 3 aromatic rings. The van der Waals surface area contributed by atoms with Crippen LogP contribution in [-0.2, 0) is 15.1 Å². The summed E-state index contributed by atoms with van der Waals surface area (Å²) >= 11 is 3.41. The molecule has 2 aromatic carbocycles. The molecule has 0 radical (unpaired) electrons. The van der Waals surface area contributed by atoms with Gasteiger partial charge < -0.3 is 13.9 Å². The summed E-state index contributed by atoms with van der Waals surface area (Å²) < 4.78 is 17.7. The van der Waals surface area contributed by atoms with Crippen molar-refractivity contribution in [2.75, 3.05) is 6.61 Å². The Hall–Kier alpha value is -2.86. The van der Waals surface area contributed by atoms with Crippen molar-refractivity contribution in [3.8, 4) is 5.75 Å². The van der Waals surface area contributed by atoms with Crippen molar-refractivity contribution in [1.82, 2.24) is 0 Å². The molecule has 2 heterocycles. The molecule has 27 heavy (non-hydrogen) atoms. The number of carbonyl (C=O) groups excluding carboxylic acids is 1. The fourth-order valence-electron chi connectivity index (χ4n) is 3.11. The highest BCUT2D eigenvalue weighted by Crippen LogP contribution is 2.40. The molecule has 0 saturated carbocycles. The lowest BCUT2D eigenvalue weighted by Gasteiger charge is -2.28. The van der Waals surface area contributed by atoms with Crippen LogP contribution in [0.15, 0.2) is 80.4 Å². The molecule has 6 heteroatoms. The van der Waals surface area contributed by atoms with E-state index in [9.17, 15) is 9.59 Å². The molecule has 1 aromatic heterocycles. The van der Waals surface area contributed by atoms with Gasteiger partial charge in [-0.25, -0.2) is 9.59 Å². The molecule has 0 N–H and O–H groups in total. The van der Waals surface area contributed by atoms with Crippen molar-refractivity contribution < 1.29 is 18.7 Å². The monoisotopic (exact) mass is 426 g/mol. The summed E-state index contributed by atoms with van der Waals surface area (Å²) in [6.45, 7) is 3.90. The van der Waals surface area contributed by atoms with Crippen LogP contribution < -0.4 is 10.4 Å². The van der Waals surface area contributed by atoms with Crippen molar-refractivity contribution in [1.29, 1.82) is 0 Å². The minimum absolute atomic E-state index is 0.113. The molecule has 5 nitrogen and oxygen atoms in total. The standard InChI is InChI=1S/C21H15BrO5/c1-13-11-21(27-20(13)24,15-4-6-16(22)7-5-15)12-25-17-8-2-14-3-9-19(23)26-18(14)10-17/h2-10H,1,11-12H2. The van der Waals surface area contributed by atoms with E-state index in [-0.39, 0.29) is 6.61 Å². The zero-order chi connectivity index (χ0) is 19.0. The third kappa shape index (κ3) is 3.40. The summed E-state index contributed by atoms with van der Waals surface area (Å²) in [6, 6.07) is 15.8. The topological polar surface area (TPSA) is 65.7 Å². The van der Waals surface area contributed by atoms with Gasteiger partial charge in [-0.3, -0.25) is 0 Å². The number of carbonyl (C=O) groups is 1. The highest BCUT2D eigenvalue weighted by atomic mass is 79.9. The van der Waals surface area contributed by atoms with Crippen LogP contribution in [-0.4, -0.2) is 12.6 Å². The molecular weight excluding hydrogens is 412 g/mol. The van der Waals surface area contributed by atoms with Gasteiger partial charge in [-0.15, -0.1) is 0 Å². The average molecular weight is 427 g/mol. The fraction of sp³-hybridized carbons (Fsp3) is 0.143. The molecule has 1 atom stereocenters. The maximum atomic E-state index is 12.0. The molecule has 0 spiro atoms. The average Bonchev–Trinajstić information content (AvgIpc) is 2.95. The molecule has 136 valence electrons. The zero-order valence-electron chi connectivity index (χ0n) is 14.2. The zero-order valence-corrected chi connectivity index (χ0v) is 15.8. The predicted molar refractivity (Wildman–Crippen MR) is 104 cm³/mol. The van der Waals surface area contributed by atoms with Crippen LogP contribution >= 0.6 is 15.9 Å². The second kappa shape index (κ2) is 6.70. The number of esters is 1. The third-order valence-corrected chi connectivity index (χ3v) is 5.04. The molecule has 4 rings (SSSR count). The summed E-state index contributed by atoms with van der Waals surface area (Å²) in [7, 11) is 0. The minimum atomic E-state index is -0.943. The number of halogens is 1. The van der Waals surface area contributed by atoms with Crippen molar-refractivity contribution in [2.45, 2.75) is 12.0 Å². The van der Waals surface area contributed by atoms with E-state index in [1.165, 1.54) is 6.07 Å². The molecule has 1 unspecified atom stereocenters. The predicted octanol–water partition coefficient (Wildman–Crippen LogP) is 4.33. The Labute approximate surface area is 163 Å². The van der Waals surface area contributed by atoms with Crippen LogP contribution in [0.1, 0.15) is 12.0 Å². The van der Waals surface area contributed by atoms with E-state index in [4.69, 9.17) is 13.9 Å². The fourth-order valence-corrected chi connectivity index (χ4v) is 3.38. The van der Waals surface area contributed by atoms with Crippen molar-refractivity contribution in [2.24, 2.45) is 0 Å². The van der Waals surface area contributed by atoms with E-state index < -0.39 is 17.2 Å². The first-order chi connectivity index (χ1) is 12.9. The number of fused-ring (bicyclic) bond motifs is 1. The lowest BCUT2D eigenvalue weighted by molar-refractivity contribution is -0.150. The Morgan fingerprint density at radius 3 is 2.52 bits per heavy atom.